The third kappa shape index (κ3) is 5.16. The molecule has 1 aliphatic rings. The van der Waals surface area contributed by atoms with Crippen molar-refractivity contribution in [2.75, 3.05) is 33.8 Å². The number of aryl methyl sites for hydroxylation is 1. The number of fused-ring (bicyclic) bond motifs is 1. The van der Waals surface area contributed by atoms with Crippen molar-refractivity contribution >= 4 is 22.7 Å². The van der Waals surface area contributed by atoms with Gasteiger partial charge in [0.15, 0.2) is 0 Å². The number of hydrogen-bond donors (Lipinski definition) is 0. The van der Waals surface area contributed by atoms with Gasteiger partial charge in [-0.1, -0.05) is 30.3 Å². The Kier molecular flexibility index (Phi) is 6.92. The lowest BCUT2D eigenvalue weighted by Gasteiger charge is -2.18. The Labute approximate surface area is 195 Å². The summed E-state index contributed by atoms with van der Waals surface area (Å²) in [6.07, 6.45) is 2.05. The zero-order valence-electron chi connectivity index (χ0n) is 19.6. The zero-order valence-corrected chi connectivity index (χ0v) is 19.6. The second kappa shape index (κ2) is 10.0. The monoisotopic (exact) mass is 445 g/mol. The summed E-state index contributed by atoms with van der Waals surface area (Å²) < 4.78 is 5.48. The van der Waals surface area contributed by atoms with Crippen LogP contribution >= 0.6 is 0 Å². The standard InChI is InChI=1S/C27H31N3O3/c1-4-33-21-12-9-19(10-13-21)11-14-26(31)30-16-15-20(18-30)25-17-23(27(32)29(2)3)22-7-5-6-8-24(22)28-25/h5-10,12-13,17,20H,4,11,14-16,18H2,1-3H3/t20-/m1/s1. The number of benzene rings is 2. The molecule has 1 atom stereocenters. The second-order valence-electron chi connectivity index (χ2n) is 8.71. The van der Waals surface area contributed by atoms with Crippen LogP contribution in [0.1, 0.15) is 47.3 Å². The van der Waals surface area contributed by atoms with Crippen molar-refractivity contribution in [3.63, 3.8) is 0 Å². The minimum atomic E-state index is -0.0314. The summed E-state index contributed by atoms with van der Waals surface area (Å²) >= 11 is 0. The first-order valence-electron chi connectivity index (χ1n) is 11.6. The van der Waals surface area contributed by atoms with Crippen molar-refractivity contribution in [1.29, 1.82) is 0 Å². The SMILES string of the molecule is CCOc1ccc(CCC(=O)N2CC[C@@H](c3cc(C(=O)N(C)C)c4ccccc4n3)C2)cc1. The Hall–Kier alpha value is -3.41. The number of nitrogens with zero attached hydrogens (tertiary/aromatic N) is 3. The smallest absolute Gasteiger partial charge is 0.254 e. The van der Waals surface area contributed by atoms with Crippen LogP contribution in [0.15, 0.2) is 54.6 Å². The summed E-state index contributed by atoms with van der Waals surface area (Å²) in [5.74, 6) is 1.12. The van der Waals surface area contributed by atoms with Gasteiger partial charge in [-0.25, -0.2) is 0 Å². The topological polar surface area (TPSA) is 62.7 Å². The molecule has 1 aliphatic heterocycles. The Morgan fingerprint density at radius 1 is 1.12 bits per heavy atom. The molecule has 3 aromatic rings. The number of carbonyl (C=O) groups excluding carboxylic acids is 2. The molecule has 1 fully saturated rings. The molecule has 6 heteroatoms. The lowest BCUT2D eigenvalue weighted by atomic mass is 9.99. The van der Waals surface area contributed by atoms with E-state index in [1.165, 1.54) is 0 Å². The van der Waals surface area contributed by atoms with Crippen LogP contribution in [0.5, 0.6) is 5.75 Å². The van der Waals surface area contributed by atoms with E-state index >= 15 is 0 Å². The molecule has 0 spiro atoms. The van der Waals surface area contributed by atoms with Gasteiger partial charge in [0.2, 0.25) is 5.91 Å². The number of pyridine rings is 1. The molecule has 4 rings (SSSR count). The number of carbonyl (C=O) groups is 2. The first-order valence-corrected chi connectivity index (χ1v) is 11.6. The molecular formula is C27H31N3O3. The highest BCUT2D eigenvalue weighted by atomic mass is 16.5. The fourth-order valence-corrected chi connectivity index (χ4v) is 4.38. The van der Waals surface area contributed by atoms with Crippen LogP contribution < -0.4 is 4.74 Å². The van der Waals surface area contributed by atoms with Crippen molar-refractivity contribution < 1.29 is 14.3 Å². The van der Waals surface area contributed by atoms with Crippen LogP contribution in [0.2, 0.25) is 0 Å². The van der Waals surface area contributed by atoms with Gasteiger partial charge in [0.25, 0.3) is 5.91 Å². The average molecular weight is 446 g/mol. The molecule has 2 amide bonds. The molecule has 2 aromatic carbocycles. The molecule has 0 unspecified atom stereocenters. The van der Waals surface area contributed by atoms with Crippen molar-refractivity contribution in [1.82, 2.24) is 14.8 Å². The molecule has 0 saturated carbocycles. The van der Waals surface area contributed by atoms with Crippen molar-refractivity contribution in [2.24, 2.45) is 0 Å². The van der Waals surface area contributed by atoms with E-state index in [1.807, 2.05) is 66.4 Å². The maximum Gasteiger partial charge on any atom is 0.254 e. The normalized spacial score (nSPS) is 15.6. The molecule has 2 heterocycles. The summed E-state index contributed by atoms with van der Waals surface area (Å²) in [4.78, 5) is 34.0. The summed E-state index contributed by atoms with van der Waals surface area (Å²) in [5, 5.41) is 0.862. The van der Waals surface area contributed by atoms with Crippen molar-refractivity contribution in [3.8, 4) is 5.75 Å². The quantitative estimate of drug-likeness (QED) is 0.544. The number of hydrogen-bond acceptors (Lipinski definition) is 4. The van der Waals surface area contributed by atoms with Crippen LogP contribution in [0, 0.1) is 0 Å². The highest BCUT2D eigenvalue weighted by molar-refractivity contribution is 6.06. The Morgan fingerprint density at radius 2 is 1.88 bits per heavy atom. The van der Waals surface area contributed by atoms with Gasteiger partial charge in [-0.05, 0) is 49.6 Å². The van der Waals surface area contributed by atoms with Gasteiger partial charge in [-0.3, -0.25) is 14.6 Å². The van der Waals surface area contributed by atoms with Gasteiger partial charge in [-0.2, -0.15) is 0 Å². The summed E-state index contributed by atoms with van der Waals surface area (Å²) in [6, 6.07) is 17.6. The van der Waals surface area contributed by atoms with E-state index < -0.39 is 0 Å². The molecule has 0 radical (unpaired) electrons. The van der Waals surface area contributed by atoms with Gasteiger partial charge in [0.1, 0.15) is 5.75 Å². The lowest BCUT2D eigenvalue weighted by Crippen LogP contribution is -2.28. The Bertz CT molecular complexity index is 1140. The maximum atomic E-state index is 12.9. The van der Waals surface area contributed by atoms with Gasteiger partial charge >= 0.3 is 0 Å². The molecule has 6 nitrogen and oxygen atoms in total. The van der Waals surface area contributed by atoms with Crippen LogP contribution in [-0.2, 0) is 11.2 Å². The van der Waals surface area contributed by atoms with E-state index in [-0.39, 0.29) is 17.7 Å². The molecule has 0 bridgehead atoms. The van der Waals surface area contributed by atoms with Gasteiger partial charge in [0.05, 0.1) is 17.7 Å². The van der Waals surface area contributed by atoms with Crippen LogP contribution in [0.25, 0.3) is 10.9 Å². The average Bonchev–Trinajstić information content (AvgIpc) is 3.33. The molecule has 0 N–H and O–H groups in total. The first kappa shape index (κ1) is 22.8. The number of aromatic nitrogens is 1. The number of rotatable bonds is 7. The van der Waals surface area contributed by atoms with Gasteiger partial charge in [0, 0.05) is 50.6 Å². The van der Waals surface area contributed by atoms with E-state index in [0.29, 0.717) is 31.6 Å². The fraction of sp³-hybridized carbons (Fsp3) is 0.370. The van der Waals surface area contributed by atoms with E-state index in [9.17, 15) is 9.59 Å². The van der Waals surface area contributed by atoms with E-state index in [1.54, 1.807) is 19.0 Å². The Balaban J connectivity index is 1.44. The second-order valence-corrected chi connectivity index (χ2v) is 8.71. The third-order valence-corrected chi connectivity index (χ3v) is 6.19. The molecule has 0 aliphatic carbocycles. The number of likely N-dealkylation sites (tertiary alicyclic amines) is 1. The summed E-state index contributed by atoms with van der Waals surface area (Å²) in [5.41, 5.74) is 3.51. The molecule has 172 valence electrons. The highest BCUT2D eigenvalue weighted by Gasteiger charge is 2.29. The molecule has 1 saturated heterocycles. The van der Waals surface area contributed by atoms with Gasteiger partial charge < -0.3 is 14.5 Å². The van der Waals surface area contributed by atoms with Crippen molar-refractivity contribution in [3.05, 3.63) is 71.4 Å². The predicted octanol–water partition coefficient (Wildman–Crippen LogP) is 4.28. The lowest BCUT2D eigenvalue weighted by molar-refractivity contribution is -0.130. The van der Waals surface area contributed by atoms with E-state index in [4.69, 9.17) is 9.72 Å². The van der Waals surface area contributed by atoms with E-state index in [0.717, 1.165) is 40.9 Å². The van der Waals surface area contributed by atoms with E-state index in [2.05, 4.69) is 0 Å². The third-order valence-electron chi connectivity index (χ3n) is 6.19. The minimum Gasteiger partial charge on any atom is -0.494 e. The highest BCUT2D eigenvalue weighted by Crippen LogP contribution is 2.30. The Morgan fingerprint density at radius 3 is 2.61 bits per heavy atom. The number of ether oxygens (including phenoxy) is 1. The minimum absolute atomic E-state index is 0.0314. The molecular weight excluding hydrogens is 414 g/mol. The summed E-state index contributed by atoms with van der Waals surface area (Å²) in [6.45, 7) is 3.97. The molecule has 1 aromatic heterocycles. The fourth-order valence-electron chi connectivity index (χ4n) is 4.38. The zero-order chi connectivity index (χ0) is 23.4. The first-order chi connectivity index (χ1) is 16.0. The largest absolute Gasteiger partial charge is 0.494 e. The van der Waals surface area contributed by atoms with Crippen LogP contribution in [-0.4, -0.2) is 60.4 Å². The predicted molar refractivity (Wildman–Crippen MR) is 130 cm³/mol. The number of para-hydroxylation sites is 1. The van der Waals surface area contributed by atoms with Crippen LogP contribution in [0.4, 0.5) is 0 Å². The summed E-state index contributed by atoms with van der Waals surface area (Å²) in [7, 11) is 3.52. The van der Waals surface area contributed by atoms with Crippen molar-refractivity contribution in [2.45, 2.75) is 32.1 Å². The van der Waals surface area contributed by atoms with Crippen LogP contribution in [0.3, 0.4) is 0 Å². The molecule has 33 heavy (non-hydrogen) atoms. The number of amides is 2. The maximum absolute atomic E-state index is 12.9. The van der Waals surface area contributed by atoms with Gasteiger partial charge in [-0.15, -0.1) is 0 Å².